The van der Waals surface area contributed by atoms with Gasteiger partial charge in [0, 0.05) is 13.1 Å². The molecule has 5 nitrogen and oxygen atoms in total. The predicted octanol–water partition coefficient (Wildman–Crippen LogP) is 2.92. The second-order valence-electron chi connectivity index (χ2n) is 7.46. The van der Waals surface area contributed by atoms with Crippen LogP contribution in [0.5, 0.6) is 0 Å². The van der Waals surface area contributed by atoms with Crippen LogP contribution in [0.1, 0.15) is 39.2 Å². The monoisotopic (exact) mass is 356 g/mol. The van der Waals surface area contributed by atoms with Gasteiger partial charge in [0.1, 0.15) is 5.70 Å². The lowest BCUT2D eigenvalue weighted by Gasteiger charge is -2.33. The highest BCUT2D eigenvalue weighted by Gasteiger charge is 2.41. The van der Waals surface area contributed by atoms with E-state index in [0.717, 1.165) is 25.1 Å². The van der Waals surface area contributed by atoms with Gasteiger partial charge in [-0.15, -0.1) is 0 Å². The van der Waals surface area contributed by atoms with E-state index in [-0.39, 0.29) is 17.9 Å². The van der Waals surface area contributed by atoms with E-state index < -0.39 is 0 Å². The molecule has 2 heterocycles. The number of carbonyl (C=O) groups is 2. The van der Waals surface area contributed by atoms with E-state index in [1.807, 2.05) is 44.2 Å². The Morgan fingerprint density at radius 1 is 1.15 bits per heavy atom. The Kier molecular flexibility index (Phi) is 5.77. The predicted molar refractivity (Wildman–Crippen MR) is 101 cm³/mol. The van der Waals surface area contributed by atoms with E-state index in [2.05, 4.69) is 11.8 Å². The van der Waals surface area contributed by atoms with Crippen molar-refractivity contribution >= 4 is 17.4 Å². The van der Waals surface area contributed by atoms with E-state index >= 15 is 0 Å². The van der Waals surface area contributed by atoms with Gasteiger partial charge in [-0.1, -0.05) is 37.3 Å². The fourth-order valence-corrected chi connectivity index (χ4v) is 3.70. The van der Waals surface area contributed by atoms with E-state index in [9.17, 15) is 9.59 Å². The molecule has 2 aliphatic rings. The Bertz CT molecular complexity index is 696. The number of rotatable bonds is 6. The van der Waals surface area contributed by atoms with Crippen LogP contribution in [0.4, 0.5) is 0 Å². The van der Waals surface area contributed by atoms with E-state index in [0.29, 0.717) is 30.3 Å². The molecular weight excluding hydrogens is 328 g/mol. The minimum Gasteiger partial charge on any atom is -0.377 e. The Hall–Kier alpha value is -2.14. The van der Waals surface area contributed by atoms with Crippen molar-refractivity contribution in [3.8, 4) is 0 Å². The van der Waals surface area contributed by atoms with Crippen LogP contribution in [0, 0.1) is 5.92 Å². The van der Waals surface area contributed by atoms with Crippen molar-refractivity contribution in [2.75, 3.05) is 26.2 Å². The number of nitrogens with zero attached hydrogens (tertiary/aromatic N) is 2. The zero-order valence-corrected chi connectivity index (χ0v) is 15.9. The highest BCUT2D eigenvalue weighted by molar-refractivity contribution is 6.35. The average Bonchev–Trinajstić information content (AvgIpc) is 2.86. The third-order valence-corrected chi connectivity index (χ3v) is 4.95. The largest absolute Gasteiger partial charge is 0.377 e. The fraction of sp³-hybridized carbons (Fsp3) is 0.524. The number of ether oxygens (including phenoxy) is 1. The zero-order valence-electron chi connectivity index (χ0n) is 15.9. The van der Waals surface area contributed by atoms with Crippen molar-refractivity contribution in [2.24, 2.45) is 5.92 Å². The maximum absolute atomic E-state index is 13.1. The van der Waals surface area contributed by atoms with E-state index in [4.69, 9.17) is 4.74 Å². The third-order valence-electron chi connectivity index (χ3n) is 4.95. The number of carbonyl (C=O) groups excluding carboxylic acids is 2. The molecule has 1 fully saturated rings. The molecule has 0 aliphatic carbocycles. The number of piperidine rings is 1. The Morgan fingerprint density at radius 3 is 2.54 bits per heavy atom. The normalized spacial score (nSPS) is 21.3. The summed E-state index contributed by atoms with van der Waals surface area (Å²) in [7, 11) is 0. The molecular formula is C21H28N2O3. The van der Waals surface area contributed by atoms with Gasteiger partial charge >= 0.3 is 0 Å². The quantitative estimate of drug-likeness (QED) is 0.736. The van der Waals surface area contributed by atoms with Crippen molar-refractivity contribution < 1.29 is 14.3 Å². The summed E-state index contributed by atoms with van der Waals surface area (Å²) in [4.78, 5) is 29.7. The molecule has 0 spiro atoms. The van der Waals surface area contributed by atoms with Gasteiger partial charge in [0.15, 0.2) is 0 Å². The molecule has 3 rings (SSSR count). The summed E-state index contributed by atoms with van der Waals surface area (Å²) >= 11 is 0. The van der Waals surface area contributed by atoms with Crippen LogP contribution >= 0.6 is 0 Å². The number of hydrogen-bond acceptors (Lipinski definition) is 4. The minimum absolute atomic E-state index is 0.0757. The Balaban J connectivity index is 1.92. The molecule has 1 aromatic rings. The molecule has 0 saturated carbocycles. The highest BCUT2D eigenvalue weighted by atomic mass is 16.5. The van der Waals surface area contributed by atoms with Gasteiger partial charge < -0.3 is 9.64 Å². The summed E-state index contributed by atoms with van der Waals surface area (Å²) in [6.07, 6.45) is 2.29. The molecule has 0 N–H and O–H groups in total. The van der Waals surface area contributed by atoms with E-state index in [1.54, 1.807) is 0 Å². The summed E-state index contributed by atoms with van der Waals surface area (Å²) in [6.45, 7) is 8.39. The summed E-state index contributed by atoms with van der Waals surface area (Å²) in [6, 6.07) is 9.54. The third kappa shape index (κ3) is 3.83. The summed E-state index contributed by atoms with van der Waals surface area (Å²) in [5, 5.41) is 0. The van der Waals surface area contributed by atoms with Crippen molar-refractivity contribution in [1.82, 2.24) is 9.80 Å². The first-order chi connectivity index (χ1) is 12.5. The first kappa shape index (κ1) is 18.6. The number of benzene rings is 1. The molecule has 0 aromatic heterocycles. The summed E-state index contributed by atoms with van der Waals surface area (Å²) in [5.41, 5.74) is 1.91. The topological polar surface area (TPSA) is 49.9 Å². The van der Waals surface area contributed by atoms with Gasteiger partial charge in [-0.25, -0.2) is 0 Å². The molecule has 26 heavy (non-hydrogen) atoms. The van der Waals surface area contributed by atoms with Gasteiger partial charge in [0.2, 0.25) is 0 Å². The van der Waals surface area contributed by atoms with Crippen LogP contribution in [0.2, 0.25) is 0 Å². The zero-order chi connectivity index (χ0) is 18.7. The maximum Gasteiger partial charge on any atom is 0.277 e. The fourth-order valence-electron chi connectivity index (χ4n) is 3.70. The van der Waals surface area contributed by atoms with Gasteiger partial charge in [-0.3, -0.25) is 14.5 Å². The van der Waals surface area contributed by atoms with Crippen LogP contribution in [0.15, 0.2) is 36.0 Å². The molecule has 2 aliphatic heterocycles. The second-order valence-corrected chi connectivity index (χ2v) is 7.46. The second kappa shape index (κ2) is 8.04. The molecule has 2 amide bonds. The molecule has 1 aromatic carbocycles. The van der Waals surface area contributed by atoms with Crippen molar-refractivity contribution in [3.63, 3.8) is 0 Å². The van der Waals surface area contributed by atoms with Crippen LogP contribution < -0.4 is 0 Å². The van der Waals surface area contributed by atoms with Gasteiger partial charge in [0.25, 0.3) is 11.8 Å². The Labute approximate surface area is 155 Å². The van der Waals surface area contributed by atoms with Crippen molar-refractivity contribution in [1.29, 1.82) is 0 Å². The number of likely N-dealkylation sites (tertiary alicyclic amines) is 1. The van der Waals surface area contributed by atoms with Crippen LogP contribution in [0.25, 0.3) is 5.57 Å². The smallest absolute Gasteiger partial charge is 0.277 e. The van der Waals surface area contributed by atoms with Gasteiger partial charge in [-0.2, -0.15) is 0 Å². The summed E-state index contributed by atoms with van der Waals surface area (Å²) < 4.78 is 5.56. The standard InChI is InChI=1S/C21H28N2O3/c1-15(2)26-13-12-23-20(24)18(17-9-5-4-6-10-17)19(21(23)25)22-11-7-8-16(3)14-22/h4-6,9-10,15-16H,7-8,11-14H2,1-3H3. The highest BCUT2D eigenvalue weighted by Crippen LogP contribution is 2.33. The number of hydrogen-bond donors (Lipinski definition) is 0. The first-order valence-electron chi connectivity index (χ1n) is 9.51. The Morgan fingerprint density at radius 2 is 1.88 bits per heavy atom. The molecule has 0 radical (unpaired) electrons. The molecule has 1 unspecified atom stereocenters. The maximum atomic E-state index is 13.1. The molecule has 140 valence electrons. The van der Waals surface area contributed by atoms with Crippen molar-refractivity contribution in [3.05, 3.63) is 41.6 Å². The van der Waals surface area contributed by atoms with Crippen LogP contribution in [0.3, 0.4) is 0 Å². The minimum atomic E-state index is -0.207. The number of imide groups is 1. The van der Waals surface area contributed by atoms with Crippen LogP contribution in [-0.2, 0) is 14.3 Å². The number of amides is 2. The molecule has 1 saturated heterocycles. The SMILES string of the molecule is CC1CCCN(C2=C(c3ccccc3)C(=O)N(CCOC(C)C)C2=O)C1. The summed E-state index contributed by atoms with van der Waals surface area (Å²) in [5.74, 6) is 0.131. The average molecular weight is 356 g/mol. The van der Waals surface area contributed by atoms with Gasteiger partial charge in [-0.05, 0) is 38.2 Å². The lowest BCUT2D eigenvalue weighted by molar-refractivity contribution is -0.138. The van der Waals surface area contributed by atoms with Crippen LogP contribution in [-0.4, -0.2) is 54.0 Å². The first-order valence-corrected chi connectivity index (χ1v) is 9.51. The lowest BCUT2D eigenvalue weighted by atomic mass is 9.98. The lowest BCUT2D eigenvalue weighted by Crippen LogP contribution is -2.40. The van der Waals surface area contributed by atoms with Crippen molar-refractivity contribution in [2.45, 2.75) is 39.7 Å². The molecule has 5 heteroatoms. The molecule has 1 atom stereocenters. The molecule has 0 bridgehead atoms. The van der Waals surface area contributed by atoms with E-state index in [1.165, 1.54) is 11.3 Å². The van der Waals surface area contributed by atoms with Gasteiger partial charge in [0.05, 0.1) is 24.8 Å².